The highest BCUT2D eigenvalue weighted by molar-refractivity contribution is 6.18. The molecule has 12 aromatic rings. The van der Waals surface area contributed by atoms with Crippen LogP contribution in [0, 0.1) is 0 Å². The van der Waals surface area contributed by atoms with Crippen molar-refractivity contribution >= 4 is 82.2 Å². The fraction of sp³-hybridized carbons (Fsp3) is 0. The molecule has 0 bridgehead atoms. The van der Waals surface area contributed by atoms with Gasteiger partial charge in [0.05, 0.1) is 22.1 Å². The highest BCUT2D eigenvalue weighted by atomic mass is 15.1. The molecule has 0 atom stereocenters. The lowest BCUT2D eigenvalue weighted by Crippen LogP contribution is -2.10. The Balaban J connectivity index is 1.06. The second-order valence-electron chi connectivity index (χ2n) is 15.4. The third-order valence-electron chi connectivity index (χ3n) is 12.0. The second-order valence-corrected chi connectivity index (χ2v) is 15.4. The fourth-order valence-corrected chi connectivity index (χ4v) is 9.34. The molecule has 3 heteroatoms. The summed E-state index contributed by atoms with van der Waals surface area (Å²) in [7, 11) is 0. The zero-order valence-corrected chi connectivity index (χ0v) is 32.2. The number of benzene rings is 10. The molecule has 0 unspecified atom stereocenters. The average molecular weight is 752 g/mol. The van der Waals surface area contributed by atoms with Gasteiger partial charge in [-0.15, -0.1) is 0 Å². The second kappa shape index (κ2) is 13.4. The Morgan fingerprint density at radius 1 is 0.254 bits per heavy atom. The first-order valence-corrected chi connectivity index (χ1v) is 20.3. The molecule has 59 heavy (non-hydrogen) atoms. The summed E-state index contributed by atoms with van der Waals surface area (Å²) in [5.74, 6) is 0. The first-order valence-electron chi connectivity index (χ1n) is 20.3. The van der Waals surface area contributed by atoms with Crippen LogP contribution in [0.5, 0.6) is 0 Å². The summed E-state index contributed by atoms with van der Waals surface area (Å²) in [5, 5.41) is 9.92. The summed E-state index contributed by atoms with van der Waals surface area (Å²) < 4.78 is 4.80. The van der Waals surface area contributed by atoms with Gasteiger partial charge in [0.25, 0.3) is 0 Å². The Bertz CT molecular complexity index is 3530. The van der Waals surface area contributed by atoms with Crippen molar-refractivity contribution in [1.29, 1.82) is 0 Å². The molecule has 0 aliphatic heterocycles. The Morgan fingerprint density at radius 3 is 1.36 bits per heavy atom. The number of hydrogen-bond donors (Lipinski definition) is 0. The third kappa shape index (κ3) is 5.36. The molecule has 0 aliphatic rings. The smallest absolute Gasteiger partial charge is 0.0561 e. The van der Waals surface area contributed by atoms with Crippen molar-refractivity contribution in [3.05, 3.63) is 224 Å². The molecule has 10 aromatic carbocycles. The van der Waals surface area contributed by atoms with Gasteiger partial charge in [-0.2, -0.15) is 0 Å². The molecule has 3 nitrogen and oxygen atoms in total. The lowest BCUT2D eigenvalue weighted by Gasteiger charge is -2.26. The van der Waals surface area contributed by atoms with E-state index in [0.717, 1.165) is 28.4 Å². The fourth-order valence-electron chi connectivity index (χ4n) is 9.34. The molecule has 0 spiro atoms. The van der Waals surface area contributed by atoms with Gasteiger partial charge in [0.1, 0.15) is 0 Å². The topological polar surface area (TPSA) is 13.1 Å². The molecule has 0 amide bonds. The van der Waals surface area contributed by atoms with Gasteiger partial charge in [-0.25, -0.2) is 0 Å². The summed E-state index contributed by atoms with van der Waals surface area (Å²) in [6, 6.07) is 81.7. The summed E-state index contributed by atoms with van der Waals surface area (Å²) in [6.07, 6.45) is 0. The lowest BCUT2D eigenvalue weighted by molar-refractivity contribution is 1.18. The predicted octanol–water partition coefficient (Wildman–Crippen LogP) is 15.3. The van der Waals surface area contributed by atoms with Crippen molar-refractivity contribution in [2.24, 2.45) is 0 Å². The van der Waals surface area contributed by atoms with Crippen molar-refractivity contribution in [3.8, 4) is 22.5 Å². The van der Waals surface area contributed by atoms with E-state index in [-0.39, 0.29) is 0 Å². The number of para-hydroxylation sites is 4. The number of nitrogens with zero attached hydrogens (tertiary/aromatic N) is 3. The monoisotopic (exact) mass is 751 g/mol. The van der Waals surface area contributed by atoms with Crippen molar-refractivity contribution in [2.75, 3.05) is 4.90 Å². The molecule has 0 saturated heterocycles. The Morgan fingerprint density at radius 2 is 0.712 bits per heavy atom. The van der Waals surface area contributed by atoms with Gasteiger partial charge in [0.2, 0.25) is 0 Å². The number of fused-ring (bicyclic) bond motifs is 9. The maximum atomic E-state index is 2.41. The predicted molar refractivity (Wildman–Crippen MR) is 250 cm³/mol. The van der Waals surface area contributed by atoms with Gasteiger partial charge in [-0.1, -0.05) is 140 Å². The molecule has 12 rings (SSSR count). The highest BCUT2D eigenvalue weighted by Crippen LogP contribution is 2.43. The van der Waals surface area contributed by atoms with E-state index >= 15 is 0 Å². The van der Waals surface area contributed by atoms with Crippen LogP contribution in [-0.4, -0.2) is 9.13 Å². The van der Waals surface area contributed by atoms with Crippen LogP contribution in [0.3, 0.4) is 0 Å². The minimum atomic E-state index is 1.10. The largest absolute Gasteiger partial charge is 0.310 e. The summed E-state index contributed by atoms with van der Waals surface area (Å²) in [5.41, 5.74) is 12.8. The van der Waals surface area contributed by atoms with E-state index in [4.69, 9.17) is 0 Å². The molecule has 0 fully saturated rings. The molecule has 276 valence electrons. The zero-order valence-electron chi connectivity index (χ0n) is 32.2. The number of rotatable bonds is 6. The zero-order chi connectivity index (χ0) is 38.9. The average Bonchev–Trinajstić information content (AvgIpc) is 3.81. The first-order chi connectivity index (χ1) is 29.3. The Kier molecular flexibility index (Phi) is 7.54. The maximum Gasteiger partial charge on any atom is 0.0561 e. The first kappa shape index (κ1) is 33.3. The van der Waals surface area contributed by atoms with Crippen molar-refractivity contribution in [2.45, 2.75) is 0 Å². The van der Waals surface area contributed by atoms with Crippen LogP contribution in [0.15, 0.2) is 224 Å². The Hall–Kier alpha value is -7.88. The number of anilines is 3. The molecular weight excluding hydrogens is 715 g/mol. The minimum absolute atomic E-state index is 1.10. The van der Waals surface area contributed by atoms with Crippen LogP contribution in [-0.2, 0) is 0 Å². The molecule has 0 saturated carbocycles. The van der Waals surface area contributed by atoms with Crippen LogP contribution in [0.4, 0.5) is 17.1 Å². The van der Waals surface area contributed by atoms with Gasteiger partial charge in [0.15, 0.2) is 0 Å². The van der Waals surface area contributed by atoms with Gasteiger partial charge in [-0.3, -0.25) is 0 Å². The van der Waals surface area contributed by atoms with Gasteiger partial charge in [-0.05, 0) is 118 Å². The van der Waals surface area contributed by atoms with Gasteiger partial charge in [0, 0.05) is 50.0 Å². The summed E-state index contributed by atoms with van der Waals surface area (Å²) in [4.78, 5) is 2.40. The van der Waals surface area contributed by atoms with E-state index in [1.165, 1.54) is 76.3 Å². The normalized spacial score (nSPS) is 11.7. The van der Waals surface area contributed by atoms with Crippen LogP contribution in [0.2, 0.25) is 0 Å². The van der Waals surface area contributed by atoms with E-state index in [1.807, 2.05) is 0 Å². The van der Waals surface area contributed by atoms with E-state index in [0.29, 0.717) is 0 Å². The van der Waals surface area contributed by atoms with E-state index in [1.54, 1.807) is 0 Å². The number of aromatic nitrogens is 2. The SMILES string of the molecule is c1ccc(-c2ccc(N(c3ccc4c(ccc5cc6c7ccccc7n(-c7ccccc7)c6cc54)c3)c3ccc4c5ccccc5n(-c5ccccc5)c4c3)cc2)cc1. The lowest BCUT2D eigenvalue weighted by atomic mass is 9.99. The molecule has 0 aliphatic carbocycles. The minimum Gasteiger partial charge on any atom is -0.310 e. The summed E-state index contributed by atoms with van der Waals surface area (Å²) >= 11 is 0. The molecule has 2 heterocycles. The van der Waals surface area contributed by atoms with Crippen molar-refractivity contribution in [3.63, 3.8) is 0 Å². The molecular formula is C56H37N3. The van der Waals surface area contributed by atoms with Gasteiger partial charge >= 0.3 is 0 Å². The van der Waals surface area contributed by atoms with Crippen LogP contribution in [0.1, 0.15) is 0 Å². The van der Waals surface area contributed by atoms with Gasteiger partial charge < -0.3 is 14.0 Å². The van der Waals surface area contributed by atoms with Crippen molar-refractivity contribution < 1.29 is 0 Å². The van der Waals surface area contributed by atoms with Crippen LogP contribution >= 0.6 is 0 Å². The molecule has 0 N–H and O–H groups in total. The quantitative estimate of drug-likeness (QED) is 0.154. The Labute approximate surface area is 341 Å². The summed E-state index contributed by atoms with van der Waals surface area (Å²) in [6.45, 7) is 0. The third-order valence-corrected chi connectivity index (χ3v) is 12.0. The highest BCUT2D eigenvalue weighted by Gasteiger charge is 2.19. The van der Waals surface area contributed by atoms with Crippen LogP contribution in [0.25, 0.3) is 87.7 Å². The standard InChI is InChI=1S/C56H37N3/c1-4-14-38(15-5-1)39-26-28-44(29-27-39)57(46-31-33-50-48-20-10-12-22-53(48)58(55(50)36-46)42-16-6-2-7-17-42)45-30-32-47-40(34-45)24-25-41-35-52-49-21-11-13-23-54(49)59(56(52)37-51(41)47)43-18-8-3-9-19-43/h1-37H. The molecule has 2 aromatic heterocycles. The molecule has 0 radical (unpaired) electrons. The number of hydrogen-bond acceptors (Lipinski definition) is 1. The van der Waals surface area contributed by atoms with Crippen LogP contribution < -0.4 is 4.90 Å². The van der Waals surface area contributed by atoms with E-state index in [9.17, 15) is 0 Å². The van der Waals surface area contributed by atoms with Crippen molar-refractivity contribution in [1.82, 2.24) is 9.13 Å². The van der Waals surface area contributed by atoms with E-state index < -0.39 is 0 Å². The van der Waals surface area contributed by atoms with E-state index in [2.05, 4.69) is 238 Å². The maximum absolute atomic E-state index is 2.41.